The third kappa shape index (κ3) is 3.85. The molecule has 4 fully saturated rings. The molecule has 7 rings (SSSR count). The Morgan fingerprint density at radius 1 is 0.889 bits per heavy atom. The van der Waals surface area contributed by atoms with Crippen LogP contribution in [0.3, 0.4) is 0 Å². The topological polar surface area (TPSA) is 82.5 Å². The first kappa shape index (κ1) is 22.2. The zero-order valence-corrected chi connectivity index (χ0v) is 21.0. The van der Waals surface area contributed by atoms with Crippen LogP contribution in [0.1, 0.15) is 26.2 Å². The number of fused-ring (bicyclic) bond motifs is 1. The summed E-state index contributed by atoms with van der Waals surface area (Å²) >= 11 is 0. The molecule has 36 heavy (non-hydrogen) atoms. The van der Waals surface area contributed by atoms with Gasteiger partial charge in [0.15, 0.2) is 5.82 Å². The molecular weight excluding hydrogens is 452 g/mol. The first-order valence-electron chi connectivity index (χ1n) is 13.3. The Hall–Kier alpha value is -3.04. The fraction of sp³-hybridized carbons (Fsp3) is 0.556. The molecule has 4 saturated heterocycles. The maximum atomic E-state index is 5.62. The fourth-order valence-corrected chi connectivity index (χ4v) is 6.60. The van der Waals surface area contributed by atoms with E-state index in [1.165, 1.54) is 25.2 Å². The largest absolute Gasteiger partial charge is 0.381 e. The molecule has 0 unspecified atom stereocenters. The highest BCUT2D eigenvalue weighted by atomic mass is 16.5. The van der Waals surface area contributed by atoms with Crippen molar-refractivity contribution in [2.75, 3.05) is 74.1 Å². The van der Waals surface area contributed by atoms with E-state index in [1.807, 2.05) is 30.7 Å². The summed E-state index contributed by atoms with van der Waals surface area (Å²) in [6.45, 7) is 11.9. The highest BCUT2D eigenvalue weighted by molar-refractivity contribution is 5.89. The van der Waals surface area contributed by atoms with E-state index in [0.717, 1.165) is 81.3 Å². The van der Waals surface area contributed by atoms with Gasteiger partial charge in [-0.1, -0.05) is 6.92 Å². The van der Waals surface area contributed by atoms with E-state index in [1.54, 1.807) is 0 Å². The Kier molecular flexibility index (Phi) is 5.25. The SMILES string of the molecule is CCN1CC2(C1)CN(c1ccc(Nc3ncc4ccnc(N5CCC6(CCOCC6)C5)c4n3)nc1)C2. The van der Waals surface area contributed by atoms with Gasteiger partial charge in [-0.15, -0.1) is 0 Å². The zero-order valence-electron chi connectivity index (χ0n) is 21.0. The molecule has 4 aliphatic rings. The number of anilines is 4. The van der Waals surface area contributed by atoms with E-state index in [9.17, 15) is 0 Å². The van der Waals surface area contributed by atoms with Gasteiger partial charge in [-0.25, -0.2) is 19.9 Å². The monoisotopic (exact) mass is 486 g/mol. The molecule has 7 heterocycles. The standard InChI is InChI=1S/C27H34N8O/c1-2-33-15-27(16-33)18-35(19-27)21-3-4-22(29-14-21)31-25-30-13-20-5-9-28-24(23(20)32-25)34-10-6-26(17-34)7-11-36-12-8-26/h3-5,9,13-14H,2,6-8,10-12,15-19H2,1H3,(H,29,30,31,32). The minimum atomic E-state index is 0.353. The fourth-order valence-electron chi connectivity index (χ4n) is 6.60. The molecule has 9 heteroatoms. The van der Waals surface area contributed by atoms with Gasteiger partial charge in [0.1, 0.15) is 11.3 Å². The summed E-state index contributed by atoms with van der Waals surface area (Å²) in [5.74, 6) is 2.25. The van der Waals surface area contributed by atoms with Crippen LogP contribution < -0.4 is 15.1 Å². The lowest BCUT2D eigenvalue weighted by Crippen LogP contribution is -2.72. The molecule has 4 aliphatic heterocycles. The lowest BCUT2D eigenvalue weighted by molar-refractivity contribution is -0.0178. The van der Waals surface area contributed by atoms with Gasteiger partial charge in [0.05, 0.1) is 11.9 Å². The van der Waals surface area contributed by atoms with Crippen molar-refractivity contribution in [3.05, 3.63) is 36.8 Å². The molecule has 9 nitrogen and oxygen atoms in total. The number of rotatable bonds is 5. The Morgan fingerprint density at radius 3 is 2.50 bits per heavy atom. The number of hydrogen-bond donors (Lipinski definition) is 1. The molecule has 0 aromatic carbocycles. The minimum absolute atomic E-state index is 0.353. The van der Waals surface area contributed by atoms with Crippen molar-refractivity contribution < 1.29 is 4.74 Å². The van der Waals surface area contributed by atoms with Gasteiger partial charge in [-0.05, 0) is 49.4 Å². The Labute approximate surface area is 211 Å². The van der Waals surface area contributed by atoms with Crippen molar-refractivity contribution >= 4 is 34.2 Å². The van der Waals surface area contributed by atoms with E-state index in [2.05, 4.69) is 43.0 Å². The molecule has 0 aliphatic carbocycles. The van der Waals surface area contributed by atoms with Crippen LogP contribution in [0.2, 0.25) is 0 Å². The first-order valence-corrected chi connectivity index (χ1v) is 13.3. The summed E-state index contributed by atoms with van der Waals surface area (Å²) < 4.78 is 5.62. The van der Waals surface area contributed by atoms with E-state index >= 15 is 0 Å². The number of likely N-dealkylation sites (tertiary alicyclic amines) is 1. The van der Waals surface area contributed by atoms with Gasteiger partial charge in [0.2, 0.25) is 5.95 Å². The van der Waals surface area contributed by atoms with Crippen LogP contribution in [-0.2, 0) is 4.74 Å². The quantitative estimate of drug-likeness (QED) is 0.584. The van der Waals surface area contributed by atoms with Crippen molar-refractivity contribution in [2.45, 2.75) is 26.2 Å². The van der Waals surface area contributed by atoms with Gasteiger partial charge < -0.3 is 24.8 Å². The van der Waals surface area contributed by atoms with Gasteiger partial charge in [-0.2, -0.15) is 0 Å². The zero-order chi connectivity index (χ0) is 24.2. The van der Waals surface area contributed by atoms with Crippen molar-refractivity contribution in [3.8, 4) is 0 Å². The van der Waals surface area contributed by atoms with Crippen LogP contribution in [0.15, 0.2) is 36.8 Å². The average molecular weight is 487 g/mol. The molecule has 3 aromatic heterocycles. The molecule has 0 bridgehead atoms. The Balaban J connectivity index is 1.05. The predicted molar refractivity (Wildman–Crippen MR) is 141 cm³/mol. The number of nitrogens with one attached hydrogen (secondary N) is 1. The van der Waals surface area contributed by atoms with Gasteiger partial charge in [0, 0.05) is 75.7 Å². The second-order valence-corrected chi connectivity index (χ2v) is 11.2. The molecule has 0 radical (unpaired) electrons. The van der Waals surface area contributed by atoms with Crippen molar-refractivity contribution in [1.82, 2.24) is 24.8 Å². The third-order valence-electron chi connectivity index (χ3n) is 8.74. The summed E-state index contributed by atoms with van der Waals surface area (Å²) in [6, 6.07) is 6.15. The van der Waals surface area contributed by atoms with Crippen LogP contribution in [-0.4, -0.2) is 83.9 Å². The molecule has 2 spiro atoms. The highest BCUT2D eigenvalue weighted by Gasteiger charge is 2.51. The molecule has 0 amide bonds. The number of aromatic nitrogens is 4. The third-order valence-corrected chi connectivity index (χ3v) is 8.74. The summed E-state index contributed by atoms with van der Waals surface area (Å²) in [5, 5.41) is 4.31. The van der Waals surface area contributed by atoms with Gasteiger partial charge in [0.25, 0.3) is 0 Å². The van der Waals surface area contributed by atoms with E-state index in [-0.39, 0.29) is 0 Å². The summed E-state index contributed by atoms with van der Waals surface area (Å²) in [7, 11) is 0. The number of nitrogens with zero attached hydrogens (tertiary/aromatic N) is 7. The molecule has 0 saturated carbocycles. The van der Waals surface area contributed by atoms with Crippen LogP contribution in [0.25, 0.3) is 10.9 Å². The molecule has 1 N–H and O–H groups in total. The van der Waals surface area contributed by atoms with E-state index in [0.29, 0.717) is 16.8 Å². The normalized spacial score (nSPS) is 22.7. The van der Waals surface area contributed by atoms with Gasteiger partial charge in [-0.3, -0.25) is 0 Å². The maximum absolute atomic E-state index is 5.62. The summed E-state index contributed by atoms with van der Waals surface area (Å²) in [5.41, 5.74) is 2.94. The minimum Gasteiger partial charge on any atom is -0.381 e. The molecule has 3 aromatic rings. The highest BCUT2D eigenvalue weighted by Crippen LogP contribution is 2.43. The van der Waals surface area contributed by atoms with Crippen LogP contribution in [0, 0.1) is 10.8 Å². The predicted octanol–water partition coefficient (Wildman–Crippen LogP) is 3.31. The van der Waals surface area contributed by atoms with Crippen LogP contribution in [0.4, 0.5) is 23.3 Å². The second kappa shape index (κ2) is 8.52. The van der Waals surface area contributed by atoms with Gasteiger partial charge >= 0.3 is 0 Å². The lowest BCUT2D eigenvalue weighted by Gasteiger charge is -2.61. The number of ether oxygens (including phenoxy) is 1. The van der Waals surface area contributed by atoms with Crippen molar-refractivity contribution in [1.29, 1.82) is 0 Å². The molecular formula is C27H34N8O. The molecule has 188 valence electrons. The van der Waals surface area contributed by atoms with Crippen molar-refractivity contribution in [3.63, 3.8) is 0 Å². The Bertz CT molecular complexity index is 1240. The van der Waals surface area contributed by atoms with Crippen molar-refractivity contribution in [2.24, 2.45) is 10.8 Å². The van der Waals surface area contributed by atoms with E-state index in [4.69, 9.17) is 14.7 Å². The maximum Gasteiger partial charge on any atom is 0.229 e. The van der Waals surface area contributed by atoms with Crippen LogP contribution >= 0.6 is 0 Å². The average Bonchev–Trinajstić information content (AvgIpc) is 3.26. The summed E-state index contributed by atoms with van der Waals surface area (Å²) in [4.78, 5) is 26.2. The smallest absolute Gasteiger partial charge is 0.229 e. The summed E-state index contributed by atoms with van der Waals surface area (Å²) in [6.07, 6.45) is 9.16. The van der Waals surface area contributed by atoms with E-state index < -0.39 is 0 Å². The number of hydrogen-bond acceptors (Lipinski definition) is 9. The Morgan fingerprint density at radius 2 is 1.72 bits per heavy atom. The second-order valence-electron chi connectivity index (χ2n) is 11.2. The number of pyridine rings is 2. The lowest BCUT2D eigenvalue weighted by atomic mass is 9.72. The first-order chi connectivity index (χ1) is 17.6. The molecule has 0 atom stereocenters. The van der Waals surface area contributed by atoms with Crippen LogP contribution in [0.5, 0.6) is 0 Å².